The number of hydrogen-bond acceptors (Lipinski definition) is 7. The van der Waals surface area contributed by atoms with Crippen LogP contribution in [-0.4, -0.2) is 11.0 Å². The SMILES string of the molecule is Cc1ccc(CO)c(N2Cc3c(Cl)ccc(Nc4c(N[C@@H](c5cc(C)c(C)o5)C(C)(C)C)c(=O)c4=O)c3C2=O)c1. The number of hydrogen-bond donors (Lipinski definition) is 3. The molecule has 208 valence electrons. The first kappa shape index (κ1) is 27.7. The van der Waals surface area contributed by atoms with Gasteiger partial charge in [0.1, 0.15) is 22.9 Å². The van der Waals surface area contributed by atoms with E-state index in [1.54, 1.807) is 23.1 Å². The second kappa shape index (κ2) is 9.94. The zero-order chi connectivity index (χ0) is 29.1. The molecule has 1 aliphatic heterocycles. The molecule has 1 aromatic heterocycles. The van der Waals surface area contributed by atoms with E-state index in [1.165, 1.54) is 0 Å². The number of anilines is 4. The van der Waals surface area contributed by atoms with E-state index in [4.69, 9.17) is 16.0 Å². The zero-order valence-corrected chi connectivity index (χ0v) is 24.1. The van der Waals surface area contributed by atoms with Crippen molar-refractivity contribution in [3.63, 3.8) is 0 Å². The first-order chi connectivity index (χ1) is 18.8. The Hall–Kier alpha value is -3.88. The predicted molar refractivity (Wildman–Crippen MR) is 158 cm³/mol. The van der Waals surface area contributed by atoms with Crippen molar-refractivity contribution in [3.05, 3.63) is 101 Å². The minimum atomic E-state index is -0.672. The van der Waals surface area contributed by atoms with Gasteiger partial charge in [-0.25, -0.2) is 0 Å². The summed E-state index contributed by atoms with van der Waals surface area (Å²) in [5.41, 5.74) is 3.00. The number of aryl methyl sites for hydroxylation is 3. The summed E-state index contributed by atoms with van der Waals surface area (Å²) in [5, 5.41) is 16.6. The zero-order valence-electron chi connectivity index (χ0n) is 23.4. The van der Waals surface area contributed by atoms with Gasteiger partial charge in [0.25, 0.3) is 16.8 Å². The number of aliphatic hydroxyl groups excluding tert-OH is 1. The summed E-state index contributed by atoms with van der Waals surface area (Å²) in [7, 11) is 0. The summed E-state index contributed by atoms with van der Waals surface area (Å²) in [5.74, 6) is 1.13. The maximum Gasteiger partial charge on any atom is 0.261 e. The van der Waals surface area contributed by atoms with Gasteiger partial charge in [0, 0.05) is 16.1 Å². The van der Waals surface area contributed by atoms with Crippen LogP contribution in [-0.2, 0) is 13.2 Å². The average molecular weight is 562 g/mol. The molecule has 0 bridgehead atoms. The van der Waals surface area contributed by atoms with Gasteiger partial charge in [-0.05, 0) is 61.6 Å². The van der Waals surface area contributed by atoms with Crippen molar-refractivity contribution >= 4 is 40.3 Å². The quantitative estimate of drug-likeness (QED) is 0.235. The van der Waals surface area contributed by atoms with E-state index in [2.05, 4.69) is 10.6 Å². The molecule has 2 heterocycles. The van der Waals surface area contributed by atoms with Gasteiger partial charge in [-0.3, -0.25) is 14.4 Å². The fourth-order valence-corrected chi connectivity index (χ4v) is 5.35. The number of nitrogens with one attached hydrogen (secondary N) is 2. The molecular formula is C31H32ClN3O5. The maximum atomic E-state index is 13.7. The van der Waals surface area contributed by atoms with Gasteiger partial charge in [0.15, 0.2) is 0 Å². The van der Waals surface area contributed by atoms with E-state index in [1.807, 2.05) is 59.7 Å². The number of amides is 1. The molecule has 3 N–H and O–H groups in total. The highest BCUT2D eigenvalue weighted by atomic mass is 35.5. The van der Waals surface area contributed by atoms with Crippen molar-refractivity contribution < 1.29 is 14.3 Å². The van der Waals surface area contributed by atoms with Crippen LogP contribution < -0.4 is 26.4 Å². The lowest BCUT2D eigenvalue weighted by molar-refractivity contribution is 0.0997. The molecule has 0 aliphatic carbocycles. The van der Waals surface area contributed by atoms with E-state index < -0.39 is 16.9 Å². The van der Waals surface area contributed by atoms with Gasteiger partial charge in [-0.2, -0.15) is 0 Å². The van der Waals surface area contributed by atoms with Crippen molar-refractivity contribution in [1.82, 2.24) is 0 Å². The Morgan fingerprint density at radius 2 is 1.73 bits per heavy atom. The number of carbonyl (C=O) groups is 1. The molecular weight excluding hydrogens is 530 g/mol. The molecule has 1 atom stereocenters. The normalized spacial score (nSPS) is 14.1. The minimum Gasteiger partial charge on any atom is -0.464 e. The molecule has 0 fully saturated rings. The maximum absolute atomic E-state index is 13.7. The van der Waals surface area contributed by atoms with Crippen LogP contribution in [0.25, 0.3) is 0 Å². The van der Waals surface area contributed by atoms with E-state index in [0.717, 1.165) is 16.9 Å². The first-order valence-electron chi connectivity index (χ1n) is 13.1. The fraction of sp³-hybridized carbons (Fsp3) is 0.323. The lowest BCUT2D eigenvalue weighted by Crippen LogP contribution is -2.39. The molecule has 1 aliphatic rings. The lowest BCUT2D eigenvalue weighted by atomic mass is 9.84. The number of benzene rings is 2. The van der Waals surface area contributed by atoms with Crippen molar-refractivity contribution in [1.29, 1.82) is 0 Å². The van der Waals surface area contributed by atoms with Gasteiger partial charge in [-0.1, -0.05) is 44.5 Å². The van der Waals surface area contributed by atoms with E-state index >= 15 is 0 Å². The molecule has 0 saturated carbocycles. The van der Waals surface area contributed by atoms with Crippen LogP contribution in [0.5, 0.6) is 0 Å². The van der Waals surface area contributed by atoms with E-state index in [9.17, 15) is 19.5 Å². The summed E-state index contributed by atoms with van der Waals surface area (Å²) in [6.45, 7) is 11.8. The highest BCUT2D eigenvalue weighted by Gasteiger charge is 2.36. The summed E-state index contributed by atoms with van der Waals surface area (Å²) in [6, 6.07) is 10.3. The molecule has 0 saturated heterocycles. The average Bonchev–Trinajstić information content (AvgIpc) is 3.42. The molecule has 8 nitrogen and oxygen atoms in total. The number of carbonyl (C=O) groups excluding carboxylic acids is 1. The largest absolute Gasteiger partial charge is 0.464 e. The minimum absolute atomic E-state index is 0.0848. The number of furan rings is 1. The van der Waals surface area contributed by atoms with Crippen LogP contribution in [0.15, 0.2) is 50.4 Å². The Balaban J connectivity index is 1.51. The fourth-order valence-electron chi connectivity index (χ4n) is 5.13. The predicted octanol–water partition coefficient (Wildman–Crippen LogP) is 6.05. The molecule has 3 aromatic carbocycles. The van der Waals surface area contributed by atoms with Gasteiger partial charge in [0.2, 0.25) is 0 Å². The third-order valence-electron chi connectivity index (χ3n) is 7.53. The molecule has 40 heavy (non-hydrogen) atoms. The summed E-state index contributed by atoms with van der Waals surface area (Å²) >= 11 is 6.52. The monoisotopic (exact) mass is 561 g/mol. The number of aliphatic hydroxyl groups is 1. The summed E-state index contributed by atoms with van der Waals surface area (Å²) in [6.07, 6.45) is 0. The highest BCUT2D eigenvalue weighted by Crippen LogP contribution is 2.41. The Labute approximate surface area is 237 Å². The second-order valence-electron chi connectivity index (χ2n) is 11.5. The van der Waals surface area contributed by atoms with Gasteiger partial charge >= 0.3 is 0 Å². The van der Waals surface area contributed by atoms with Crippen LogP contribution in [0.1, 0.15) is 70.9 Å². The third-order valence-corrected chi connectivity index (χ3v) is 7.88. The number of fused-ring (bicyclic) bond motifs is 1. The van der Waals surface area contributed by atoms with Gasteiger partial charge < -0.3 is 25.1 Å². The van der Waals surface area contributed by atoms with Crippen molar-refractivity contribution in [2.75, 3.05) is 15.5 Å². The Morgan fingerprint density at radius 3 is 2.35 bits per heavy atom. The second-order valence-corrected chi connectivity index (χ2v) is 11.9. The van der Waals surface area contributed by atoms with Crippen molar-refractivity contribution in [2.24, 2.45) is 5.41 Å². The molecule has 1 amide bonds. The molecule has 0 unspecified atom stereocenters. The Morgan fingerprint density at radius 1 is 1.02 bits per heavy atom. The van der Waals surface area contributed by atoms with E-state index in [-0.39, 0.29) is 35.8 Å². The smallest absolute Gasteiger partial charge is 0.261 e. The van der Waals surface area contributed by atoms with E-state index in [0.29, 0.717) is 38.8 Å². The first-order valence-corrected chi connectivity index (χ1v) is 13.5. The Kier molecular flexibility index (Phi) is 6.88. The topological polar surface area (TPSA) is 112 Å². The van der Waals surface area contributed by atoms with Crippen LogP contribution in [0, 0.1) is 26.2 Å². The summed E-state index contributed by atoms with van der Waals surface area (Å²) < 4.78 is 5.97. The lowest BCUT2D eigenvalue weighted by Gasteiger charge is -2.31. The molecule has 0 radical (unpaired) electrons. The van der Waals surface area contributed by atoms with Crippen molar-refractivity contribution in [3.8, 4) is 0 Å². The molecule has 5 rings (SSSR count). The van der Waals surface area contributed by atoms with Crippen LogP contribution in [0.3, 0.4) is 0 Å². The molecule has 9 heteroatoms. The molecule has 0 spiro atoms. The van der Waals surface area contributed by atoms with Gasteiger partial charge in [-0.15, -0.1) is 0 Å². The third kappa shape index (κ3) is 4.61. The number of rotatable bonds is 7. The molecule has 4 aromatic rings. The van der Waals surface area contributed by atoms with Crippen LogP contribution in [0.4, 0.5) is 22.7 Å². The standard InChI is InChI=1S/C31H32ClN3O5/c1-15-7-8-18(14-36)22(11-15)35-13-19-20(32)9-10-21(24(19)30(35)39)33-25-26(28(38)27(25)37)34-29(31(4,5)6)23-12-16(2)17(3)40-23/h7-12,29,33-34,36H,13-14H2,1-6H3/t29-/m0/s1. The van der Waals surface area contributed by atoms with Gasteiger partial charge in [0.05, 0.1) is 36.1 Å². The number of halogens is 1. The van der Waals surface area contributed by atoms with Crippen LogP contribution in [0.2, 0.25) is 5.02 Å². The van der Waals surface area contributed by atoms with Crippen LogP contribution >= 0.6 is 11.6 Å². The Bertz CT molecular complexity index is 1700. The number of nitrogens with zero attached hydrogens (tertiary/aromatic N) is 1. The highest BCUT2D eigenvalue weighted by molar-refractivity contribution is 6.33. The summed E-state index contributed by atoms with van der Waals surface area (Å²) in [4.78, 5) is 40.8. The van der Waals surface area contributed by atoms with Crippen molar-refractivity contribution in [2.45, 2.75) is 60.7 Å².